The first-order chi connectivity index (χ1) is 11.1. The predicted octanol–water partition coefficient (Wildman–Crippen LogP) is 4.15. The Labute approximate surface area is 133 Å². The highest BCUT2D eigenvalue weighted by molar-refractivity contribution is 5.87. The molecule has 23 heavy (non-hydrogen) atoms. The zero-order valence-corrected chi connectivity index (χ0v) is 12.3. The second-order valence-corrected chi connectivity index (χ2v) is 4.77. The molecule has 3 aromatic rings. The van der Waals surface area contributed by atoms with E-state index in [0.29, 0.717) is 5.56 Å². The maximum absolute atomic E-state index is 10.2. The molecule has 0 atom stereocenters. The molecular formula is C19H16O4. The van der Waals surface area contributed by atoms with Crippen molar-refractivity contribution in [3.8, 4) is 22.6 Å². The second-order valence-electron chi connectivity index (χ2n) is 4.77. The minimum atomic E-state index is -0.879. The number of rotatable bonds is 2. The van der Waals surface area contributed by atoms with Gasteiger partial charge in [0.1, 0.15) is 11.5 Å². The van der Waals surface area contributed by atoms with E-state index in [-0.39, 0.29) is 11.5 Å². The third-order valence-corrected chi connectivity index (χ3v) is 3.05. The third-order valence-electron chi connectivity index (χ3n) is 3.05. The van der Waals surface area contributed by atoms with Crippen molar-refractivity contribution in [3.63, 3.8) is 0 Å². The minimum absolute atomic E-state index is 0.228. The molecule has 0 aliphatic heterocycles. The topological polar surface area (TPSA) is 77.8 Å². The second kappa shape index (κ2) is 7.66. The lowest BCUT2D eigenvalue weighted by Crippen LogP contribution is -1.93. The Balaban J connectivity index is 0.000000185. The summed E-state index contributed by atoms with van der Waals surface area (Å²) in [7, 11) is 0. The lowest BCUT2D eigenvalue weighted by atomic mass is 10.1. The highest BCUT2D eigenvalue weighted by Gasteiger charge is 1.99. The van der Waals surface area contributed by atoms with Crippen LogP contribution in [0.1, 0.15) is 10.4 Å². The molecule has 0 fully saturated rings. The quantitative estimate of drug-likeness (QED) is 0.664. The predicted molar refractivity (Wildman–Crippen MR) is 88.6 cm³/mol. The number of benzene rings is 3. The summed E-state index contributed by atoms with van der Waals surface area (Å²) < 4.78 is 0. The molecule has 0 spiro atoms. The summed E-state index contributed by atoms with van der Waals surface area (Å²) in [6, 6.07) is 22.2. The fourth-order valence-corrected chi connectivity index (χ4v) is 1.95. The monoisotopic (exact) mass is 308 g/mol. The van der Waals surface area contributed by atoms with Crippen LogP contribution in [0.4, 0.5) is 0 Å². The van der Waals surface area contributed by atoms with Gasteiger partial charge in [-0.25, -0.2) is 4.79 Å². The Morgan fingerprint density at radius 2 is 1.13 bits per heavy atom. The summed E-state index contributed by atoms with van der Waals surface area (Å²) >= 11 is 0. The van der Waals surface area contributed by atoms with Gasteiger partial charge in [0.15, 0.2) is 0 Å². The molecule has 0 aliphatic rings. The van der Waals surface area contributed by atoms with E-state index in [0.717, 1.165) is 11.1 Å². The molecule has 0 unspecified atom stereocenters. The first kappa shape index (κ1) is 16.1. The van der Waals surface area contributed by atoms with E-state index in [4.69, 9.17) is 5.11 Å². The Bertz CT molecular complexity index is 739. The molecule has 0 heterocycles. The molecule has 0 aromatic heterocycles. The first-order valence-electron chi connectivity index (χ1n) is 6.93. The van der Waals surface area contributed by atoms with Gasteiger partial charge in [0.05, 0.1) is 5.56 Å². The fourth-order valence-electron chi connectivity index (χ4n) is 1.95. The molecule has 3 rings (SSSR count). The molecule has 0 radical (unpaired) electrons. The van der Waals surface area contributed by atoms with Gasteiger partial charge in [0.25, 0.3) is 0 Å². The van der Waals surface area contributed by atoms with Crippen molar-refractivity contribution in [3.05, 3.63) is 84.4 Å². The Morgan fingerprint density at radius 3 is 1.48 bits per heavy atom. The molecule has 3 N–H and O–H groups in total. The SMILES string of the molecule is O=C(O)c1ccccc1.Oc1cccc(-c2cccc(O)c2)c1. The van der Waals surface area contributed by atoms with E-state index >= 15 is 0 Å². The van der Waals surface area contributed by atoms with E-state index in [2.05, 4.69) is 0 Å². The van der Waals surface area contributed by atoms with Crippen LogP contribution in [0.3, 0.4) is 0 Å². The lowest BCUT2D eigenvalue weighted by molar-refractivity contribution is 0.0697. The van der Waals surface area contributed by atoms with Crippen LogP contribution < -0.4 is 0 Å². The summed E-state index contributed by atoms with van der Waals surface area (Å²) in [5.74, 6) is -0.424. The molecule has 0 amide bonds. The number of aromatic carboxylic acids is 1. The number of carbonyl (C=O) groups is 1. The van der Waals surface area contributed by atoms with Crippen LogP contribution in [0.5, 0.6) is 11.5 Å². The summed E-state index contributed by atoms with van der Waals surface area (Å²) in [6.07, 6.45) is 0. The molecule has 3 aromatic carbocycles. The molecule has 4 heteroatoms. The highest BCUT2D eigenvalue weighted by atomic mass is 16.4. The van der Waals surface area contributed by atoms with Crippen LogP contribution in [0.25, 0.3) is 11.1 Å². The molecule has 0 bridgehead atoms. The molecular weight excluding hydrogens is 292 g/mol. The Morgan fingerprint density at radius 1 is 0.652 bits per heavy atom. The van der Waals surface area contributed by atoms with Crippen LogP contribution >= 0.6 is 0 Å². The van der Waals surface area contributed by atoms with Gasteiger partial charge in [-0.05, 0) is 47.5 Å². The van der Waals surface area contributed by atoms with Gasteiger partial charge in [-0.3, -0.25) is 0 Å². The van der Waals surface area contributed by atoms with Crippen LogP contribution in [0.2, 0.25) is 0 Å². The maximum atomic E-state index is 10.2. The van der Waals surface area contributed by atoms with Crippen molar-refractivity contribution in [2.75, 3.05) is 0 Å². The number of aromatic hydroxyl groups is 2. The Kier molecular flexibility index (Phi) is 5.36. The number of hydrogen-bond acceptors (Lipinski definition) is 3. The normalized spacial score (nSPS) is 9.57. The maximum Gasteiger partial charge on any atom is 0.335 e. The lowest BCUT2D eigenvalue weighted by Gasteiger charge is -2.02. The fraction of sp³-hybridized carbons (Fsp3) is 0. The third kappa shape index (κ3) is 4.89. The molecule has 0 saturated heterocycles. The van der Waals surface area contributed by atoms with E-state index < -0.39 is 5.97 Å². The number of phenols is 2. The number of hydrogen-bond donors (Lipinski definition) is 3. The summed E-state index contributed by atoms with van der Waals surface area (Å²) in [5.41, 5.74) is 2.11. The Hall–Kier alpha value is -3.27. The van der Waals surface area contributed by atoms with Gasteiger partial charge in [-0.15, -0.1) is 0 Å². The van der Waals surface area contributed by atoms with Gasteiger partial charge < -0.3 is 15.3 Å². The van der Waals surface area contributed by atoms with E-state index in [1.165, 1.54) is 0 Å². The number of carboxylic acid groups (broad SMARTS) is 1. The van der Waals surface area contributed by atoms with Crippen molar-refractivity contribution in [1.82, 2.24) is 0 Å². The number of carboxylic acids is 1. The van der Waals surface area contributed by atoms with Crippen molar-refractivity contribution in [2.24, 2.45) is 0 Å². The number of phenolic OH excluding ortho intramolecular Hbond substituents is 2. The zero-order chi connectivity index (χ0) is 16.7. The average Bonchev–Trinajstić information content (AvgIpc) is 2.56. The standard InChI is InChI=1S/C12H10O2.C7H6O2/c13-11-5-1-3-9(7-11)10-4-2-6-12(14)8-10;8-7(9)6-4-2-1-3-5-6/h1-8,13-14H;1-5H,(H,8,9). The van der Waals surface area contributed by atoms with Crippen LogP contribution in [-0.2, 0) is 0 Å². The first-order valence-corrected chi connectivity index (χ1v) is 6.93. The van der Waals surface area contributed by atoms with Crippen molar-refractivity contribution in [2.45, 2.75) is 0 Å². The van der Waals surface area contributed by atoms with Gasteiger partial charge in [0, 0.05) is 0 Å². The molecule has 4 nitrogen and oxygen atoms in total. The summed E-state index contributed by atoms with van der Waals surface area (Å²) in [5, 5.41) is 26.9. The summed E-state index contributed by atoms with van der Waals surface area (Å²) in [6.45, 7) is 0. The van der Waals surface area contributed by atoms with Crippen molar-refractivity contribution in [1.29, 1.82) is 0 Å². The minimum Gasteiger partial charge on any atom is -0.508 e. The van der Waals surface area contributed by atoms with E-state index in [1.54, 1.807) is 66.7 Å². The van der Waals surface area contributed by atoms with E-state index in [1.807, 2.05) is 12.1 Å². The van der Waals surface area contributed by atoms with Crippen molar-refractivity contribution < 1.29 is 20.1 Å². The van der Waals surface area contributed by atoms with E-state index in [9.17, 15) is 15.0 Å². The van der Waals surface area contributed by atoms with Crippen LogP contribution in [-0.4, -0.2) is 21.3 Å². The van der Waals surface area contributed by atoms with Gasteiger partial charge in [-0.1, -0.05) is 42.5 Å². The van der Waals surface area contributed by atoms with Crippen LogP contribution in [0, 0.1) is 0 Å². The smallest absolute Gasteiger partial charge is 0.335 e. The zero-order valence-electron chi connectivity index (χ0n) is 12.3. The largest absolute Gasteiger partial charge is 0.508 e. The molecule has 0 saturated carbocycles. The molecule has 116 valence electrons. The van der Waals surface area contributed by atoms with Gasteiger partial charge in [-0.2, -0.15) is 0 Å². The van der Waals surface area contributed by atoms with Crippen LogP contribution in [0.15, 0.2) is 78.9 Å². The molecule has 0 aliphatic carbocycles. The van der Waals surface area contributed by atoms with Gasteiger partial charge in [0.2, 0.25) is 0 Å². The average molecular weight is 308 g/mol. The summed E-state index contributed by atoms with van der Waals surface area (Å²) in [4.78, 5) is 10.2. The van der Waals surface area contributed by atoms with Gasteiger partial charge >= 0.3 is 5.97 Å². The van der Waals surface area contributed by atoms with Crippen molar-refractivity contribution >= 4 is 5.97 Å². The highest BCUT2D eigenvalue weighted by Crippen LogP contribution is 2.25.